The minimum atomic E-state index is -1.54. The van der Waals surface area contributed by atoms with E-state index >= 15 is 0 Å². The van der Waals surface area contributed by atoms with Gasteiger partial charge in [-0.25, -0.2) is 4.79 Å². The molecule has 1 unspecified atom stereocenters. The third-order valence-electron chi connectivity index (χ3n) is 1.99. The first-order valence-electron chi connectivity index (χ1n) is 4.70. The molecule has 0 heterocycles. The van der Waals surface area contributed by atoms with Crippen molar-refractivity contribution in [2.75, 3.05) is 6.61 Å². The average Bonchev–Trinajstić information content (AvgIpc) is 2.20. The second-order valence-corrected chi connectivity index (χ2v) is 3.22. The molecule has 0 aliphatic heterocycles. The molecule has 0 aromatic heterocycles. The Labute approximate surface area is 88.1 Å². The second-order valence-electron chi connectivity index (χ2n) is 3.22. The van der Waals surface area contributed by atoms with E-state index in [2.05, 4.69) is 0 Å². The number of carboxylic acids is 1. The Morgan fingerprint density at radius 3 is 2.73 bits per heavy atom. The molecule has 0 aliphatic carbocycles. The highest BCUT2D eigenvalue weighted by Crippen LogP contribution is 2.26. The SMILES string of the molecule is CCOc1ccc(C)cc1C(O)C(=O)O. The first-order chi connectivity index (χ1) is 7.06. The van der Waals surface area contributed by atoms with Gasteiger partial charge in [-0.3, -0.25) is 0 Å². The summed E-state index contributed by atoms with van der Waals surface area (Å²) >= 11 is 0. The van der Waals surface area contributed by atoms with Gasteiger partial charge >= 0.3 is 5.97 Å². The molecule has 0 saturated carbocycles. The van der Waals surface area contributed by atoms with Crippen molar-refractivity contribution < 1.29 is 19.7 Å². The number of aliphatic hydroxyl groups excluding tert-OH is 1. The zero-order chi connectivity index (χ0) is 11.4. The molecule has 1 atom stereocenters. The highest BCUT2D eigenvalue weighted by molar-refractivity contribution is 5.75. The van der Waals surface area contributed by atoms with E-state index in [0.717, 1.165) is 5.56 Å². The summed E-state index contributed by atoms with van der Waals surface area (Å²) in [5.74, 6) is -0.862. The zero-order valence-electron chi connectivity index (χ0n) is 8.73. The Bertz CT molecular complexity index is 360. The molecular weight excluding hydrogens is 196 g/mol. The number of aliphatic hydroxyl groups is 1. The smallest absolute Gasteiger partial charge is 0.337 e. The second kappa shape index (κ2) is 4.79. The fraction of sp³-hybridized carbons (Fsp3) is 0.364. The fourth-order valence-corrected chi connectivity index (χ4v) is 1.30. The maximum Gasteiger partial charge on any atom is 0.337 e. The number of aliphatic carboxylic acids is 1. The number of aryl methyl sites for hydroxylation is 1. The van der Waals surface area contributed by atoms with E-state index in [1.807, 2.05) is 13.0 Å². The molecule has 0 aliphatic rings. The van der Waals surface area contributed by atoms with Crippen LogP contribution in [0.5, 0.6) is 5.75 Å². The molecule has 0 saturated heterocycles. The van der Waals surface area contributed by atoms with Gasteiger partial charge < -0.3 is 14.9 Å². The van der Waals surface area contributed by atoms with Crippen molar-refractivity contribution in [3.63, 3.8) is 0 Å². The summed E-state index contributed by atoms with van der Waals surface area (Å²) in [5.41, 5.74) is 1.18. The Balaban J connectivity index is 3.11. The van der Waals surface area contributed by atoms with Gasteiger partial charge in [0.05, 0.1) is 6.61 Å². The standard InChI is InChI=1S/C11H14O4/c1-3-15-9-5-4-7(2)6-8(9)10(12)11(13)14/h4-6,10,12H,3H2,1-2H3,(H,13,14). The van der Waals surface area contributed by atoms with Gasteiger partial charge in [-0.1, -0.05) is 11.6 Å². The lowest BCUT2D eigenvalue weighted by atomic mass is 10.1. The molecule has 2 N–H and O–H groups in total. The third kappa shape index (κ3) is 2.70. The third-order valence-corrected chi connectivity index (χ3v) is 1.99. The van der Waals surface area contributed by atoms with Crippen LogP contribution in [0.3, 0.4) is 0 Å². The van der Waals surface area contributed by atoms with E-state index < -0.39 is 12.1 Å². The van der Waals surface area contributed by atoms with E-state index in [4.69, 9.17) is 9.84 Å². The van der Waals surface area contributed by atoms with Crippen LogP contribution in [-0.4, -0.2) is 22.8 Å². The van der Waals surface area contributed by atoms with Gasteiger partial charge in [0.1, 0.15) is 5.75 Å². The highest BCUT2D eigenvalue weighted by Gasteiger charge is 2.20. The zero-order valence-corrected chi connectivity index (χ0v) is 8.73. The Hall–Kier alpha value is -1.55. The predicted molar refractivity (Wildman–Crippen MR) is 54.9 cm³/mol. The van der Waals surface area contributed by atoms with Gasteiger partial charge in [-0.05, 0) is 26.0 Å². The first kappa shape index (κ1) is 11.5. The van der Waals surface area contributed by atoms with Crippen LogP contribution < -0.4 is 4.74 Å². The summed E-state index contributed by atoms with van der Waals surface area (Å²) < 4.78 is 5.24. The van der Waals surface area contributed by atoms with Gasteiger partial charge in [0, 0.05) is 5.56 Å². The number of rotatable bonds is 4. The van der Waals surface area contributed by atoms with Gasteiger partial charge in [0.25, 0.3) is 0 Å². The monoisotopic (exact) mass is 210 g/mol. The molecule has 0 bridgehead atoms. The van der Waals surface area contributed by atoms with Gasteiger partial charge in [0.2, 0.25) is 0 Å². The highest BCUT2D eigenvalue weighted by atomic mass is 16.5. The Kier molecular flexibility index (Phi) is 3.68. The number of hydrogen-bond acceptors (Lipinski definition) is 3. The van der Waals surface area contributed by atoms with Crippen LogP contribution in [-0.2, 0) is 4.79 Å². The van der Waals surface area contributed by atoms with Crippen molar-refractivity contribution in [3.05, 3.63) is 29.3 Å². The summed E-state index contributed by atoms with van der Waals surface area (Å²) in [5, 5.41) is 18.2. The van der Waals surface area contributed by atoms with E-state index in [0.29, 0.717) is 17.9 Å². The Morgan fingerprint density at radius 2 is 2.20 bits per heavy atom. The van der Waals surface area contributed by atoms with Crippen molar-refractivity contribution in [2.45, 2.75) is 20.0 Å². The minimum absolute atomic E-state index is 0.296. The lowest BCUT2D eigenvalue weighted by Gasteiger charge is -2.13. The van der Waals surface area contributed by atoms with E-state index in [1.54, 1.807) is 19.1 Å². The number of carboxylic acid groups (broad SMARTS) is 1. The summed E-state index contributed by atoms with van der Waals surface area (Å²) in [7, 11) is 0. The van der Waals surface area contributed by atoms with E-state index in [9.17, 15) is 9.90 Å². The minimum Gasteiger partial charge on any atom is -0.493 e. The summed E-state index contributed by atoms with van der Waals surface area (Å²) in [6, 6.07) is 5.09. The molecule has 0 spiro atoms. The van der Waals surface area contributed by atoms with E-state index in [1.165, 1.54) is 0 Å². The number of ether oxygens (including phenoxy) is 1. The van der Waals surface area contributed by atoms with Crippen LogP contribution in [0, 0.1) is 6.92 Å². The van der Waals surface area contributed by atoms with Gasteiger partial charge in [-0.15, -0.1) is 0 Å². The van der Waals surface area contributed by atoms with Crippen LogP contribution in [0.2, 0.25) is 0 Å². The summed E-state index contributed by atoms with van der Waals surface area (Å²) in [6.45, 7) is 4.06. The maximum atomic E-state index is 10.7. The molecule has 4 heteroatoms. The number of benzene rings is 1. The van der Waals surface area contributed by atoms with Crippen LogP contribution >= 0.6 is 0 Å². The molecule has 82 valence electrons. The maximum absolute atomic E-state index is 10.7. The van der Waals surface area contributed by atoms with Crippen LogP contribution in [0.25, 0.3) is 0 Å². The summed E-state index contributed by atoms with van der Waals surface area (Å²) in [4.78, 5) is 10.7. The molecule has 1 rings (SSSR count). The van der Waals surface area contributed by atoms with Crippen molar-refractivity contribution in [2.24, 2.45) is 0 Å². The molecule has 4 nitrogen and oxygen atoms in total. The lowest BCUT2D eigenvalue weighted by molar-refractivity contribution is -0.147. The van der Waals surface area contributed by atoms with Crippen LogP contribution in [0.1, 0.15) is 24.2 Å². The van der Waals surface area contributed by atoms with Crippen molar-refractivity contribution in [1.29, 1.82) is 0 Å². The largest absolute Gasteiger partial charge is 0.493 e. The normalized spacial score (nSPS) is 12.2. The number of hydrogen-bond donors (Lipinski definition) is 2. The molecule has 0 fully saturated rings. The van der Waals surface area contributed by atoms with Gasteiger partial charge in [-0.2, -0.15) is 0 Å². The van der Waals surface area contributed by atoms with Crippen molar-refractivity contribution >= 4 is 5.97 Å². The molecule has 0 amide bonds. The molecule has 0 radical (unpaired) electrons. The van der Waals surface area contributed by atoms with Crippen molar-refractivity contribution in [1.82, 2.24) is 0 Å². The fourth-order valence-electron chi connectivity index (χ4n) is 1.30. The van der Waals surface area contributed by atoms with Crippen LogP contribution in [0.4, 0.5) is 0 Å². The quantitative estimate of drug-likeness (QED) is 0.790. The number of carbonyl (C=O) groups is 1. The van der Waals surface area contributed by atoms with Crippen molar-refractivity contribution in [3.8, 4) is 5.75 Å². The van der Waals surface area contributed by atoms with Crippen LogP contribution in [0.15, 0.2) is 18.2 Å². The molecule has 1 aromatic rings. The molecular formula is C11H14O4. The van der Waals surface area contributed by atoms with E-state index in [-0.39, 0.29) is 0 Å². The molecule has 15 heavy (non-hydrogen) atoms. The average molecular weight is 210 g/mol. The molecule has 1 aromatic carbocycles. The topological polar surface area (TPSA) is 66.8 Å². The van der Waals surface area contributed by atoms with Gasteiger partial charge in [0.15, 0.2) is 6.10 Å². The lowest BCUT2D eigenvalue weighted by Crippen LogP contribution is -2.12. The predicted octanol–water partition coefficient (Wildman–Crippen LogP) is 1.51. The summed E-state index contributed by atoms with van der Waals surface area (Å²) in [6.07, 6.45) is -1.54. The first-order valence-corrected chi connectivity index (χ1v) is 4.70. The Morgan fingerprint density at radius 1 is 1.53 bits per heavy atom.